The Morgan fingerprint density at radius 1 is 1.09 bits per heavy atom. The molecule has 0 aliphatic heterocycles. The fourth-order valence-corrected chi connectivity index (χ4v) is 4.34. The summed E-state index contributed by atoms with van der Waals surface area (Å²) in [6.07, 6.45) is 1.92. The predicted molar refractivity (Wildman–Crippen MR) is 138 cm³/mol. The summed E-state index contributed by atoms with van der Waals surface area (Å²) in [6, 6.07) is 4.03. The van der Waals surface area contributed by atoms with Gasteiger partial charge in [0.05, 0.1) is 0 Å². The summed E-state index contributed by atoms with van der Waals surface area (Å²) in [5.41, 5.74) is 1.52. The topological polar surface area (TPSA) is 87.7 Å². The summed E-state index contributed by atoms with van der Waals surface area (Å²) >= 11 is 4.35. The highest BCUT2D eigenvalue weighted by Gasteiger charge is 2.43. The average Bonchev–Trinajstić information content (AvgIpc) is 2.62. The molecular formula is C26H41N3O4S. The van der Waals surface area contributed by atoms with E-state index in [-0.39, 0.29) is 23.6 Å². The third-order valence-electron chi connectivity index (χ3n) is 5.73. The number of carbonyl (C=O) groups is 3. The summed E-state index contributed by atoms with van der Waals surface area (Å²) < 4.78 is 5.36. The van der Waals surface area contributed by atoms with Gasteiger partial charge in [0.25, 0.3) is 0 Å². The molecule has 0 bridgehead atoms. The van der Waals surface area contributed by atoms with Crippen LogP contribution in [0.4, 0.5) is 4.79 Å². The number of amides is 3. The van der Waals surface area contributed by atoms with Crippen LogP contribution in [0.25, 0.3) is 0 Å². The second kappa shape index (κ2) is 11.0. The highest BCUT2D eigenvalue weighted by molar-refractivity contribution is 7.80. The van der Waals surface area contributed by atoms with Gasteiger partial charge in [-0.1, -0.05) is 18.2 Å². The van der Waals surface area contributed by atoms with Gasteiger partial charge in [-0.15, -0.1) is 0 Å². The maximum atomic E-state index is 13.9. The van der Waals surface area contributed by atoms with Gasteiger partial charge in [0, 0.05) is 17.3 Å². The molecule has 2 atom stereocenters. The number of hydrogen-bond acceptors (Lipinski definition) is 5. The van der Waals surface area contributed by atoms with E-state index < -0.39 is 29.3 Å². The van der Waals surface area contributed by atoms with Gasteiger partial charge in [-0.25, -0.2) is 4.79 Å². The maximum absolute atomic E-state index is 13.9. The van der Waals surface area contributed by atoms with Crippen molar-refractivity contribution < 1.29 is 19.1 Å². The number of aryl methyl sites for hydroxylation is 2. The third kappa shape index (κ3) is 7.39. The molecule has 1 fully saturated rings. The fourth-order valence-electron chi connectivity index (χ4n) is 4.09. The van der Waals surface area contributed by atoms with E-state index in [0.717, 1.165) is 36.0 Å². The summed E-state index contributed by atoms with van der Waals surface area (Å²) in [6.45, 7) is 15.0. The Labute approximate surface area is 209 Å². The number of benzene rings is 1. The Morgan fingerprint density at radius 3 is 2.06 bits per heavy atom. The Hall–Kier alpha value is -2.22. The average molecular weight is 492 g/mol. The van der Waals surface area contributed by atoms with Crippen LogP contribution in [-0.2, 0) is 14.3 Å². The van der Waals surface area contributed by atoms with Crippen LogP contribution in [0.15, 0.2) is 18.2 Å². The van der Waals surface area contributed by atoms with Crippen molar-refractivity contribution in [1.29, 1.82) is 0 Å². The molecule has 1 aliphatic carbocycles. The molecule has 1 aliphatic rings. The second-order valence-corrected chi connectivity index (χ2v) is 11.5. The molecule has 7 nitrogen and oxygen atoms in total. The molecule has 34 heavy (non-hydrogen) atoms. The molecule has 190 valence electrons. The van der Waals surface area contributed by atoms with Gasteiger partial charge in [-0.05, 0) is 91.3 Å². The highest BCUT2D eigenvalue weighted by atomic mass is 32.1. The van der Waals surface area contributed by atoms with Crippen molar-refractivity contribution in [1.82, 2.24) is 15.5 Å². The van der Waals surface area contributed by atoms with Crippen LogP contribution >= 0.6 is 12.6 Å². The smallest absolute Gasteiger partial charge is 0.408 e. The first kappa shape index (κ1) is 28.0. The SMILES string of the molecule is Cc1cccc(C)c1C(C(=O)NC(C)(C)C)N(C(=O)C(CS)NC(=O)OC(C)(C)C)C1CCC1. The normalized spacial score (nSPS) is 16.1. The fraction of sp³-hybridized carbons (Fsp3) is 0.654. The van der Waals surface area contributed by atoms with Crippen molar-refractivity contribution in [3.05, 3.63) is 34.9 Å². The molecule has 1 saturated carbocycles. The zero-order valence-corrected chi connectivity index (χ0v) is 22.7. The molecule has 0 saturated heterocycles. The van der Waals surface area contributed by atoms with Gasteiger partial charge >= 0.3 is 6.09 Å². The van der Waals surface area contributed by atoms with Crippen LogP contribution in [0, 0.1) is 13.8 Å². The van der Waals surface area contributed by atoms with E-state index in [1.54, 1.807) is 25.7 Å². The Kier molecular flexibility index (Phi) is 9.08. The Balaban J connectivity index is 2.52. The lowest BCUT2D eigenvalue weighted by molar-refractivity contribution is -0.147. The highest BCUT2D eigenvalue weighted by Crippen LogP contribution is 2.36. The monoisotopic (exact) mass is 491 g/mol. The minimum atomic E-state index is -0.923. The van der Waals surface area contributed by atoms with Gasteiger partial charge in [-0.3, -0.25) is 9.59 Å². The first-order chi connectivity index (χ1) is 15.6. The number of ether oxygens (including phenoxy) is 1. The molecule has 0 heterocycles. The van der Waals surface area contributed by atoms with Crippen LogP contribution in [-0.4, -0.2) is 51.8 Å². The molecule has 0 spiro atoms. The van der Waals surface area contributed by atoms with E-state index >= 15 is 0 Å². The minimum Gasteiger partial charge on any atom is -0.444 e. The Bertz CT molecular complexity index is 880. The molecule has 8 heteroatoms. The quantitative estimate of drug-likeness (QED) is 0.491. The zero-order valence-electron chi connectivity index (χ0n) is 21.8. The van der Waals surface area contributed by atoms with Gasteiger partial charge < -0.3 is 20.3 Å². The summed E-state index contributed by atoms with van der Waals surface area (Å²) in [5, 5.41) is 5.74. The van der Waals surface area contributed by atoms with Crippen molar-refractivity contribution in [3.63, 3.8) is 0 Å². The predicted octanol–water partition coefficient (Wildman–Crippen LogP) is 4.46. The largest absolute Gasteiger partial charge is 0.444 e. The van der Waals surface area contributed by atoms with Crippen molar-refractivity contribution in [2.75, 3.05) is 5.75 Å². The molecule has 2 unspecified atom stereocenters. The van der Waals surface area contributed by atoms with Crippen molar-refractivity contribution in [2.45, 2.75) is 104 Å². The number of thiol groups is 1. The van der Waals surface area contributed by atoms with Crippen molar-refractivity contribution >= 4 is 30.5 Å². The number of hydrogen-bond donors (Lipinski definition) is 3. The van der Waals surface area contributed by atoms with Gasteiger partial charge in [-0.2, -0.15) is 12.6 Å². The van der Waals surface area contributed by atoms with Crippen LogP contribution in [0.1, 0.15) is 83.5 Å². The summed E-state index contributed by atoms with van der Waals surface area (Å²) in [5.74, 6) is -0.482. The van der Waals surface area contributed by atoms with E-state index in [1.807, 2.05) is 52.8 Å². The lowest BCUT2D eigenvalue weighted by Crippen LogP contribution is -2.59. The first-order valence-corrected chi connectivity index (χ1v) is 12.6. The third-order valence-corrected chi connectivity index (χ3v) is 6.10. The van der Waals surface area contributed by atoms with Crippen LogP contribution < -0.4 is 10.6 Å². The van der Waals surface area contributed by atoms with Crippen LogP contribution in [0.5, 0.6) is 0 Å². The van der Waals surface area contributed by atoms with Crippen molar-refractivity contribution in [3.8, 4) is 0 Å². The maximum Gasteiger partial charge on any atom is 0.408 e. The van der Waals surface area contributed by atoms with E-state index in [0.29, 0.717) is 0 Å². The zero-order chi connectivity index (χ0) is 25.8. The molecule has 0 aromatic heterocycles. The van der Waals surface area contributed by atoms with Crippen LogP contribution in [0.3, 0.4) is 0 Å². The molecule has 3 amide bonds. The van der Waals surface area contributed by atoms with Gasteiger partial charge in [0.1, 0.15) is 17.7 Å². The second-order valence-electron chi connectivity index (χ2n) is 11.2. The summed E-state index contributed by atoms with van der Waals surface area (Å²) in [7, 11) is 0. The number of rotatable bonds is 7. The number of nitrogens with zero attached hydrogens (tertiary/aromatic N) is 1. The molecule has 2 N–H and O–H groups in total. The number of nitrogens with one attached hydrogen (secondary N) is 2. The van der Waals surface area contributed by atoms with Gasteiger partial charge in [0.2, 0.25) is 11.8 Å². The lowest BCUT2D eigenvalue weighted by atomic mass is 9.86. The van der Waals surface area contributed by atoms with Crippen LogP contribution in [0.2, 0.25) is 0 Å². The molecule has 2 rings (SSSR count). The minimum absolute atomic E-state index is 0.0850. The first-order valence-electron chi connectivity index (χ1n) is 12.0. The van der Waals surface area contributed by atoms with Crippen molar-refractivity contribution in [2.24, 2.45) is 0 Å². The van der Waals surface area contributed by atoms with Gasteiger partial charge in [0.15, 0.2) is 0 Å². The van der Waals surface area contributed by atoms with E-state index in [4.69, 9.17) is 4.74 Å². The Morgan fingerprint density at radius 2 is 1.65 bits per heavy atom. The van der Waals surface area contributed by atoms with E-state index in [2.05, 4.69) is 23.3 Å². The molecular weight excluding hydrogens is 450 g/mol. The lowest BCUT2D eigenvalue weighted by Gasteiger charge is -2.44. The molecule has 1 aromatic rings. The molecule has 1 aromatic carbocycles. The summed E-state index contributed by atoms with van der Waals surface area (Å²) in [4.78, 5) is 41.8. The number of carbonyl (C=O) groups excluding carboxylic acids is 3. The molecule has 0 radical (unpaired) electrons. The van der Waals surface area contributed by atoms with E-state index in [1.165, 1.54) is 0 Å². The van der Waals surface area contributed by atoms with E-state index in [9.17, 15) is 14.4 Å². The standard InChI is InChI=1S/C26H41N3O4S/c1-16-11-9-12-17(2)20(16)21(22(30)28-25(3,4)5)29(18-13-10-14-18)23(31)19(15-34)27-24(32)33-26(6,7)8/h9,11-12,18-19,21,34H,10,13-15H2,1-8H3,(H,27,32)(H,28,30). The number of alkyl carbamates (subject to hydrolysis) is 1.